The summed E-state index contributed by atoms with van der Waals surface area (Å²) in [6.07, 6.45) is 3.19. The van der Waals surface area contributed by atoms with E-state index in [0.717, 1.165) is 5.56 Å². The van der Waals surface area contributed by atoms with E-state index in [9.17, 15) is 14.7 Å². The van der Waals surface area contributed by atoms with Gasteiger partial charge in [0, 0.05) is 11.3 Å². The molecular formula is C22H25N3O4. The molecule has 0 aromatic heterocycles. The van der Waals surface area contributed by atoms with Gasteiger partial charge in [0.05, 0.1) is 12.8 Å². The zero-order valence-electron chi connectivity index (χ0n) is 16.6. The van der Waals surface area contributed by atoms with E-state index in [0.29, 0.717) is 35.6 Å². The minimum atomic E-state index is -0.539. The molecule has 0 atom stereocenters. The monoisotopic (exact) mass is 395 g/mol. The summed E-state index contributed by atoms with van der Waals surface area (Å²) < 4.78 is 5.42. The number of ether oxygens (including phenoxy) is 1. The number of hydrogen-bond donors (Lipinski definition) is 3. The van der Waals surface area contributed by atoms with Crippen molar-refractivity contribution in [1.29, 1.82) is 0 Å². The quantitative estimate of drug-likeness (QED) is 0.262. The Morgan fingerprint density at radius 3 is 2.69 bits per heavy atom. The molecule has 29 heavy (non-hydrogen) atoms. The Hall–Kier alpha value is -3.61. The number of allylic oxidation sites excluding steroid dienone is 1. The lowest BCUT2D eigenvalue weighted by atomic mass is 10.1. The van der Waals surface area contributed by atoms with Crippen LogP contribution in [0.4, 0.5) is 5.69 Å². The molecule has 0 saturated carbocycles. The summed E-state index contributed by atoms with van der Waals surface area (Å²) in [6, 6.07) is 10.7. The number of anilines is 1. The van der Waals surface area contributed by atoms with Crippen LogP contribution in [-0.2, 0) is 16.0 Å². The van der Waals surface area contributed by atoms with Crippen molar-refractivity contribution in [2.45, 2.75) is 26.7 Å². The number of nitrogens with one attached hydrogen (secondary N) is 2. The maximum Gasteiger partial charge on any atom is 0.249 e. The molecule has 0 bridgehead atoms. The highest BCUT2D eigenvalue weighted by Gasteiger charge is 2.11. The van der Waals surface area contributed by atoms with Crippen LogP contribution in [0, 0.1) is 6.92 Å². The van der Waals surface area contributed by atoms with Crippen molar-refractivity contribution < 1.29 is 19.4 Å². The van der Waals surface area contributed by atoms with Crippen LogP contribution in [0.5, 0.6) is 11.5 Å². The number of aryl methyl sites for hydroxylation is 1. The van der Waals surface area contributed by atoms with Crippen LogP contribution in [0.2, 0.25) is 0 Å². The summed E-state index contributed by atoms with van der Waals surface area (Å²) in [5.74, 6) is -0.580. The van der Waals surface area contributed by atoms with Crippen LogP contribution in [0.15, 0.2) is 54.2 Å². The first-order chi connectivity index (χ1) is 13.9. The number of carbonyl (C=O) groups is 2. The first-order valence-electron chi connectivity index (χ1n) is 9.21. The lowest BCUT2D eigenvalue weighted by molar-refractivity contribution is -0.126. The van der Waals surface area contributed by atoms with Gasteiger partial charge in [-0.15, -0.1) is 6.58 Å². The number of para-hydroxylation sites is 1. The lowest BCUT2D eigenvalue weighted by Gasteiger charge is -2.10. The van der Waals surface area contributed by atoms with Crippen LogP contribution in [0.25, 0.3) is 0 Å². The standard InChI is InChI=1S/C22H25N3O4/c1-4-8-17-11-16(12-19(22(17)28)29-5-2)14-23-25-21(27)13-20(26)24-18-10-7-6-9-15(18)3/h4,6-7,9-12,14,28H,1,5,8,13H2,2-3H3,(H,24,26)(H,25,27). The Bertz CT molecular complexity index is 922. The first kappa shape index (κ1) is 21.7. The van der Waals surface area contributed by atoms with E-state index in [2.05, 4.69) is 22.4 Å². The Kier molecular flexibility index (Phi) is 7.97. The number of amides is 2. The normalized spacial score (nSPS) is 10.6. The largest absolute Gasteiger partial charge is 0.504 e. The molecule has 0 spiro atoms. The molecule has 7 nitrogen and oxygen atoms in total. The molecule has 2 aromatic rings. The second-order valence-corrected chi connectivity index (χ2v) is 6.29. The van der Waals surface area contributed by atoms with Gasteiger partial charge in [0.2, 0.25) is 11.8 Å². The lowest BCUT2D eigenvalue weighted by Crippen LogP contribution is -2.24. The highest BCUT2D eigenvalue weighted by atomic mass is 16.5. The van der Waals surface area contributed by atoms with E-state index in [1.165, 1.54) is 6.21 Å². The highest BCUT2D eigenvalue weighted by Crippen LogP contribution is 2.31. The summed E-state index contributed by atoms with van der Waals surface area (Å²) in [6.45, 7) is 7.75. The molecule has 0 heterocycles. The third-order valence-corrected chi connectivity index (χ3v) is 3.98. The maximum absolute atomic E-state index is 12.0. The summed E-state index contributed by atoms with van der Waals surface area (Å²) in [4.78, 5) is 23.9. The number of carbonyl (C=O) groups excluding carboxylic acids is 2. The maximum atomic E-state index is 12.0. The van der Waals surface area contributed by atoms with Gasteiger partial charge in [-0.3, -0.25) is 9.59 Å². The molecule has 2 amide bonds. The minimum absolute atomic E-state index is 0.0563. The summed E-state index contributed by atoms with van der Waals surface area (Å²) in [5, 5.41) is 16.8. The molecule has 2 aromatic carbocycles. The molecule has 0 aliphatic heterocycles. The second kappa shape index (κ2) is 10.7. The zero-order chi connectivity index (χ0) is 21.2. The minimum Gasteiger partial charge on any atom is -0.504 e. The number of nitrogens with zero attached hydrogens (tertiary/aromatic N) is 1. The Labute approximate surface area is 170 Å². The molecule has 3 N–H and O–H groups in total. The van der Waals surface area contributed by atoms with Crippen LogP contribution in [-0.4, -0.2) is 29.7 Å². The first-order valence-corrected chi connectivity index (χ1v) is 9.21. The van der Waals surface area contributed by atoms with Gasteiger partial charge in [-0.2, -0.15) is 5.10 Å². The van der Waals surface area contributed by atoms with Crippen molar-refractivity contribution in [3.63, 3.8) is 0 Å². The predicted molar refractivity (Wildman–Crippen MR) is 113 cm³/mol. The number of hydrogen-bond acceptors (Lipinski definition) is 5. The molecule has 0 unspecified atom stereocenters. The van der Waals surface area contributed by atoms with E-state index in [1.807, 2.05) is 32.0 Å². The Morgan fingerprint density at radius 1 is 1.24 bits per heavy atom. The van der Waals surface area contributed by atoms with Gasteiger partial charge in [-0.05, 0) is 49.6 Å². The van der Waals surface area contributed by atoms with Gasteiger partial charge >= 0.3 is 0 Å². The van der Waals surface area contributed by atoms with E-state index in [-0.39, 0.29) is 12.2 Å². The average molecular weight is 395 g/mol. The van der Waals surface area contributed by atoms with Crippen molar-refractivity contribution in [3.05, 3.63) is 65.7 Å². The molecule has 2 rings (SSSR count). The number of aromatic hydroxyl groups is 1. The van der Waals surface area contributed by atoms with Crippen LogP contribution < -0.4 is 15.5 Å². The van der Waals surface area contributed by atoms with Crippen molar-refractivity contribution in [1.82, 2.24) is 5.43 Å². The zero-order valence-corrected chi connectivity index (χ0v) is 16.6. The van der Waals surface area contributed by atoms with Gasteiger partial charge < -0.3 is 15.2 Å². The molecule has 0 aliphatic rings. The highest BCUT2D eigenvalue weighted by molar-refractivity contribution is 6.04. The fourth-order valence-corrected chi connectivity index (χ4v) is 2.61. The molecule has 152 valence electrons. The summed E-state index contributed by atoms with van der Waals surface area (Å²) >= 11 is 0. The summed E-state index contributed by atoms with van der Waals surface area (Å²) in [7, 11) is 0. The van der Waals surface area contributed by atoms with Gasteiger partial charge in [-0.25, -0.2) is 5.43 Å². The van der Waals surface area contributed by atoms with Crippen LogP contribution >= 0.6 is 0 Å². The van der Waals surface area contributed by atoms with Crippen molar-refractivity contribution in [3.8, 4) is 11.5 Å². The van der Waals surface area contributed by atoms with Gasteiger partial charge in [0.25, 0.3) is 0 Å². The molecule has 7 heteroatoms. The third kappa shape index (κ3) is 6.49. The number of benzene rings is 2. The molecule has 0 saturated heterocycles. The SMILES string of the molecule is C=CCc1cc(C=NNC(=O)CC(=O)Nc2ccccc2C)cc(OCC)c1O. The van der Waals surface area contributed by atoms with Gasteiger partial charge in [0.15, 0.2) is 11.5 Å². The van der Waals surface area contributed by atoms with E-state index in [4.69, 9.17) is 4.74 Å². The number of phenols is 1. The number of rotatable bonds is 9. The summed E-state index contributed by atoms with van der Waals surface area (Å²) in [5.41, 5.74) is 5.17. The molecule has 0 fully saturated rings. The van der Waals surface area contributed by atoms with E-state index in [1.54, 1.807) is 24.3 Å². The molecule has 0 aliphatic carbocycles. The Morgan fingerprint density at radius 2 is 2.00 bits per heavy atom. The number of phenolic OH excluding ortho intramolecular Hbond substituents is 1. The van der Waals surface area contributed by atoms with Crippen LogP contribution in [0.3, 0.4) is 0 Å². The van der Waals surface area contributed by atoms with Crippen LogP contribution in [0.1, 0.15) is 30.0 Å². The fraction of sp³-hybridized carbons (Fsp3) is 0.227. The Balaban J connectivity index is 1.97. The van der Waals surface area contributed by atoms with Crippen molar-refractivity contribution in [2.75, 3.05) is 11.9 Å². The van der Waals surface area contributed by atoms with Crippen molar-refractivity contribution >= 4 is 23.7 Å². The van der Waals surface area contributed by atoms with Crippen molar-refractivity contribution in [2.24, 2.45) is 5.10 Å². The molecular weight excluding hydrogens is 370 g/mol. The fourth-order valence-electron chi connectivity index (χ4n) is 2.61. The smallest absolute Gasteiger partial charge is 0.249 e. The molecule has 0 radical (unpaired) electrons. The third-order valence-electron chi connectivity index (χ3n) is 3.98. The van der Waals surface area contributed by atoms with E-state index >= 15 is 0 Å². The topological polar surface area (TPSA) is 100 Å². The van der Waals surface area contributed by atoms with E-state index < -0.39 is 11.8 Å². The second-order valence-electron chi connectivity index (χ2n) is 6.29. The van der Waals surface area contributed by atoms with Gasteiger partial charge in [0.1, 0.15) is 6.42 Å². The average Bonchev–Trinajstić information content (AvgIpc) is 2.67. The van der Waals surface area contributed by atoms with Gasteiger partial charge in [-0.1, -0.05) is 24.3 Å². The number of hydrazone groups is 1. The predicted octanol–water partition coefficient (Wildman–Crippen LogP) is 3.31.